The number of carbonyl (C=O) groups is 1. The van der Waals surface area contributed by atoms with E-state index in [9.17, 15) is 4.79 Å². The van der Waals surface area contributed by atoms with E-state index in [4.69, 9.17) is 5.11 Å². The van der Waals surface area contributed by atoms with Crippen molar-refractivity contribution in [1.29, 1.82) is 0 Å². The van der Waals surface area contributed by atoms with Crippen LogP contribution < -0.4 is 5.32 Å². The third-order valence-electron chi connectivity index (χ3n) is 3.54. The summed E-state index contributed by atoms with van der Waals surface area (Å²) in [5, 5.41) is 11.5. The number of nitrogens with zero attached hydrogens (tertiary/aromatic N) is 2. The fourth-order valence-corrected chi connectivity index (χ4v) is 3.08. The summed E-state index contributed by atoms with van der Waals surface area (Å²) in [6, 6.07) is 13.5. The Morgan fingerprint density at radius 2 is 2.04 bits per heavy atom. The molecule has 0 aliphatic carbocycles. The molecule has 2 heterocycles. The summed E-state index contributed by atoms with van der Waals surface area (Å²) in [7, 11) is 0. The number of rotatable bonds is 7. The summed E-state index contributed by atoms with van der Waals surface area (Å²) in [5.74, 6) is 0.671. The number of nitrogens with one attached hydrogen (secondary N) is 1. The first-order valence-electron chi connectivity index (χ1n) is 7.81. The number of aliphatic hydroxyl groups excluding tert-OH is 1. The van der Waals surface area contributed by atoms with Crippen molar-refractivity contribution in [3.05, 3.63) is 66.1 Å². The van der Waals surface area contributed by atoms with Crippen molar-refractivity contribution < 1.29 is 9.90 Å². The Bertz CT molecular complexity index is 782. The molecule has 6 heteroatoms. The Labute approximate surface area is 144 Å². The van der Waals surface area contributed by atoms with E-state index >= 15 is 0 Å². The summed E-state index contributed by atoms with van der Waals surface area (Å²) < 4.78 is 2.01. The number of hydrogen-bond acceptors (Lipinski definition) is 4. The normalized spacial score (nSPS) is 10.9. The number of imidazole rings is 1. The molecular formula is C18H19N3O2S. The molecule has 1 aromatic carbocycles. The molecule has 0 aliphatic heterocycles. The molecule has 0 spiro atoms. The standard InChI is InChI=1S/C18H19N3O2S/c22-11-3-9-19-18(23)14-5-7-16(8-6-14)24-13-15-12-21-10-2-1-4-17(21)20-15/h1-2,4-8,10,12,22H,3,9,11,13H2,(H,19,23). The molecule has 2 N–H and O–H groups in total. The number of fused-ring (bicyclic) bond motifs is 1. The van der Waals surface area contributed by atoms with Crippen molar-refractivity contribution in [3.8, 4) is 0 Å². The summed E-state index contributed by atoms with van der Waals surface area (Å²) in [5.41, 5.74) is 2.60. The molecule has 3 rings (SSSR count). The molecule has 0 atom stereocenters. The first-order valence-corrected chi connectivity index (χ1v) is 8.79. The van der Waals surface area contributed by atoms with Crippen molar-refractivity contribution in [2.45, 2.75) is 17.1 Å². The first kappa shape index (κ1) is 16.5. The number of aromatic nitrogens is 2. The average molecular weight is 341 g/mol. The summed E-state index contributed by atoms with van der Waals surface area (Å²) >= 11 is 1.69. The molecule has 5 nitrogen and oxygen atoms in total. The summed E-state index contributed by atoms with van der Waals surface area (Å²) in [6.07, 6.45) is 4.59. The van der Waals surface area contributed by atoms with Gasteiger partial charge < -0.3 is 14.8 Å². The van der Waals surface area contributed by atoms with Gasteiger partial charge in [0, 0.05) is 41.8 Å². The molecule has 0 fully saturated rings. The number of pyridine rings is 1. The van der Waals surface area contributed by atoms with Crippen LogP contribution in [0.4, 0.5) is 0 Å². The minimum Gasteiger partial charge on any atom is -0.396 e. The van der Waals surface area contributed by atoms with Gasteiger partial charge in [-0.25, -0.2) is 4.98 Å². The van der Waals surface area contributed by atoms with E-state index in [1.54, 1.807) is 11.8 Å². The van der Waals surface area contributed by atoms with Crippen molar-refractivity contribution >= 4 is 23.3 Å². The van der Waals surface area contributed by atoms with Crippen LogP contribution >= 0.6 is 11.8 Å². The van der Waals surface area contributed by atoms with E-state index in [1.807, 2.05) is 59.3 Å². The molecule has 3 aromatic rings. The topological polar surface area (TPSA) is 66.6 Å². The van der Waals surface area contributed by atoms with Gasteiger partial charge in [-0.3, -0.25) is 4.79 Å². The van der Waals surface area contributed by atoms with Gasteiger partial charge in [-0.2, -0.15) is 0 Å². The lowest BCUT2D eigenvalue weighted by atomic mass is 10.2. The molecule has 1 amide bonds. The van der Waals surface area contributed by atoms with Crippen LogP contribution in [0.15, 0.2) is 59.8 Å². The van der Waals surface area contributed by atoms with E-state index < -0.39 is 0 Å². The fraction of sp³-hybridized carbons (Fsp3) is 0.222. The smallest absolute Gasteiger partial charge is 0.251 e. The molecule has 0 aliphatic rings. The predicted molar refractivity (Wildman–Crippen MR) is 95.2 cm³/mol. The van der Waals surface area contributed by atoms with Crippen LogP contribution in [0.3, 0.4) is 0 Å². The zero-order valence-electron chi connectivity index (χ0n) is 13.2. The molecular weight excluding hydrogens is 322 g/mol. The summed E-state index contributed by atoms with van der Waals surface area (Å²) in [6.45, 7) is 0.568. The highest BCUT2D eigenvalue weighted by Gasteiger charge is 2.06. The molecule has 24 heavy (non-hydrogen) atoms. The van der Waals surface area contributed by atoms with E-state index in [-0.39, 0.29) is 12.5 Å². The number of amides is 1. The Kier molecular flexibility index (Phi) is 5.51. The predicted octanol–water partition coefficient (Wildman–Crippen LogP) is 2.74. The molecule has 0 saturated carbocycles. The van der Waals surface area contributed by atoms with Gasteiger partial charge in [-0.15, -0.1) is 11.8 Å². The SMILES string of the molecule is O=C(NCCCO)c1ccc(SCc2cn3ccccc3n2)cc1. The molecule has 0 bridgehead atoms. The Morgan fingerprint density at radius 3 is 2.79 bits per heavy atom. The van der Waals surface area contributed by atoms with Gasteiger partial charge in [0.25, 0.3) is 5.91 Å². The lowest BCUT2D eigenvalue weighted by Crippen LogP contribution is -2.24. The third-order valence-corrected chi connectivity index (χ3v) is 4.58. The van der Waals surface area contributed by atoms with E-state index in [2.05, 4.69) is 10.3 Å². The number of aliphatic hydroxyl groups is 1. The van der Waals surface area contributed by atoms with Gasteiger partial charge in [-0.1, -0.05) is 6.07 Å². The minimum absolute atomic E-state index is 0.0823. The zero-order valence-corrected chi connectivity index (χ0v) is 14.0. The Morgan fingerprint density at radius 1 is 1.21 bits per heavy atom. The highest BCUT2D eigenvalue weighted by atomic mass is 32.2. The van der Waals surface area contributed by atoms with E-state index in [0.29, 0.717) is 18.5 Å². The Hall–Kier alpha value is -2.31. The summed E-state index contributed by atoms with van der Waals surface area (Å²) in [4.78, 5) is 17.6. The second-order valence-corrected chi connectivity index (χ2v) is 6.39. The molecule has 2 aromatic heterocycles. The highest BCUT2D eigenvalue weighted by Crippen LogP contribution is 2.23. The van der Waals surface area contributed by atoms with Gasteiger partial charge in [-0.05, 0) is 42.8 Å². The monoisotopic (exact) mass is 341 g/mol. The van der Waals surface area contributed by atoms with Gasteiger partial charge in [0.1, 0.15) is 5.65 Å². The van der Waals surface area contributed by atoms with Crippen LogP contribution in [0.5, 0.6) is 0 Å². The van der Waals surface area contributed by atoms with Crippen molar-refractivity contribution in [2.75, 3.05) is 13.2 Å². The molecule has 0 radical (unpaired) electrons. The van der Waals surface area contributed by atoms with Crippen LogP contribution in [0.1, 0.15) is 22.5 Å². The van der Waals surface area contributed by atoms with Gasteiger partial charge in [0.2, 0.25) is 0 Å². The Balaban J connectivity index is 1.56. The average Bonchev–Trinajstić information content (AvgIpc) is 3.03. The van der Waals surface area contributed by atoms with Crippen molar-refractivity contribution in [3.63, 3.8) is 0 Å². The van der Waals surface area contributed by atoms with Gasteiger partial charge in [0.05, 0.1) is 5.69 Å². The third kappa shape index (κ3) is 4.15. The fourth-order valence-electron chi connectivity index (χ4n) is 2.30. The van der Waals surface area contributed by atoms with E-state index in [1.165, 1.54) is 0 Å². The molecule has 124 valence electrons. The number of thioether (sulfide) groups is 1. The maximum absolute atomic E-state index is 11.9. The van der Waals surface area contributed by atoms with Gasteiger partial charge >= 0.3 is 0 Å². The van der Waals surface area contributed by atoms with Crippen LogP contribution in [-0.2, 0) is 5.75 Å². The maximum atomic E-state index is 11.9. The van der Waals surface area contributed by atoms with Crippen LogP contribution in [0, 0.1) is 0 Å². The molecule has 0 unspecified atom stereocenters. The minimum atomic E-state index is -0.111. The largest absolute Gasteiger partial charge is 0.396 e. The number of carbonyl (C=O) groups excluding carboxylic acids is 1. The van der Waals surface area contributed by atoms with Crippen molar-refractivity contribution in [1.82, 2.24) is 14.7 Å². The first-order chi connectivity index (χ1) is 11.8. The lowest BCUT2D eigenvalue weighted by molar-refractivity contribution is 0.0951. The van der Waals surface area contributed by atoms with E-state index in [0.717, 1.165) is 22.0 Å². The van der Waals surface area contributed by atoms with Crippen LogP contribution in [-0.4, -0.2) is 33.6 Å². The quantitative estimate of drug-likeness (QED) is 0.512. The number of benzene rings is 1. The van der Waals surface area contributed by atoms with Crippen LogP contribution in [0.2, 0.25) is 0 Å². The highest BCUT2D eigenvalue weighted by molar-refractivity contribution is 7.98. The van der Waals surface area contributed by atoms with Crippen molar-refractivity contribution in [2.24, 2.45) is 0 Å². The number of hydrogen-bond donors (Lipinski definition) is 2. The second kappa shape index (κ2) is 7.99. The zero-order chi connectivity index (χ0) is 16.8. The van der Waals surface area contributed by atoms with Gasteiger partial charge in [0.15, 0.2) is 0 Å². The lowest BCUT2D eigenvalue weighted by Gasteiger charge is -2.05. The van der Waals surface area contributed by atoms with Crippen LogP contribution in [0.25, 0.3) is 5.65 Å². The second-order valence-electron chi connectivity index (χ2n) is 5.34. The maximum Gasteiger partial charge on any atom is 0.251 e. The molecule has 0 saturated heterocycles.